The largest absolute Gasteiger partial charge is 0.397 e. The van der Waals surface area contributed by atoms with E-state index in [0.29, 0.717) is 23.7 Å². The number of anilines is 1. The van der Waals surface area contributed by atoms with E-state index in [4.69, 9.17) is 15.2 Å². The molecule has 0 saturated carbocycles. The highest BCUT2D eigenvalue weighted by molar-refractivity contribution is 7.21. The summed E-state index contributed by atoms with van der Waals surface area (Å²) in [6, 6.07) is 3.65. The van der Waals surface area contributed by atoms with Crippen molar-refractivity contribution in [3.05, 3.63) is 23.2 Å². The number of aromatic nitrogens is 1. The van der Waals surface area contributed by atoms with E-state index in [2.05, 4.69) is 10.3 Å². The molecule has 0 spiro atoms. The number of fused-ring (bicyclic) bond motifs is 1. The Bertz CT molecular complexity index is 600. The molecule has 1 amide bonds. The lowest BCUT2D eigenvalue weighted by Crippen LogP contribution is -2.35. The van der Waals surface area contributed by atoms with E-state index < -0.39 is 0 Å². The summed E-state index contributed by atoms with van der Waals surface area (Å²) in [7, 11) is 3.16. The number of rotatable bonds is 6. The van der Waals surface area contributed by atoms with Crippen LogP contribution in [0.15, 0.2) is 18.3 Å². The number of ether oxygens (including phenoxy) is 2. The Labute approximate surface area is 120 Å². The van der Waals surface area contributed by atoms with Crippen molar-refractivity contribution in [1.82, 2.24) is 10.3 Å². The monoisotopic (exact) mass is 295 g/mol. The number of nitrogens with zero attached hydrogens (tertiary/aromatic N) is 1. The third kappa shape index (κ3) is 3.06. The van der Waals surface area contributed by atoms with Gasteiger partial charge in [0.1, 0.15) is 9.71 Å². The van der Waals surface area contributed by atoms with E-state index in [1.165, 1.54) is 11.3 Å². The van der Waals surface area contributed by atoms with Crippen LogP contribution in [0.1, 0.15) is 9.67 Å². The molecular weight excluding hydrogens is 278 g/mol. The zero-order chi connectivity index (χ0) is 14.5. The zero-order valence-electron chi connectivity index (χ0n) is 11.4. The topological polar surface area (TPSA) is 86.5 Å². The number of pyridine rings is 1. The van der Waals surface area contributed by atoms with Crippen molar-refractivity contribution in [3.8, 4) is 0 Å². The van der Waals surface area contributed by atoms with Crippen molar-refractivity contribution in [2.45, 2.75) is 6.10 Å². The Morgan fingerprint density at radius 1 is 1.55 bits per heavy atom. The predicted molar refractivity (Wildman–Crippen MR) is 79.0 cm³/mol. The molecule has 2 rings (SSSR count). The van der Waals surface area contributed by atoms with Crippen LogP contribution in [0, 0.1) is 0 Å². The molecule has 108 valence electrons. The van der Waals surface area contributed by atoms with Crippen molar-refractivity contribution in [2.75, 3.05) is 33.1 Å². The number of nitrogen functional groups attached to an aromatic ring is 1. The molecule has 0 aliphatic heterocycles. The quantitative estimate of drug-likeness (QED) is 0.838. The molecule has 0 aliphatic rings. The third-order valence-corrected chi connectivity index (χ3v) is 4.02. The first-order valence-corrected chi connectivity index (χ1v) is 6.92. The fourth-order valence-electron chi connectivity index (χ4n) is 1.80. The number of hydrogen-bond acceptors (Lipinski definition) is 6. The van der Waals surface area contributed by atoms with Gasteiger partial charge in [-0.25, -0.2) is 4.98 Å². The van der Waals surface area contributed by atoms with Crippen molar-refractivity contribution < 1.29 is 14.3 Å². The van der Waals surface area contributed by atoms with Gasteiger partial charge in [-0.1, -0.05) is 0 Å². The Morgan fingerprint density at radius 3 is 3.00 bits per heavy atom. The Balaban J connectivity index is 2.09. The molecule has 0 saturated heterocycles. The highest BCUT2D eigenvalue weighted by Crippen LogP contribution is 2.31. The number of nitrogens with one attached hydrogen (secondary N) is 1. The van der Waals surface area contributed by atoms with Crippen LogP contribution in [0.25, 0.3) is 10.2 Å². The molecule has 2 aromatic rings. The molecule has 0 bridgehead atoms. The van der Waals surface area contributed by atoms with Crippen LogP contribution in [0.5, 0.6) is 0 Å². The SMILES string of the molecule is COCC(CNC(=O)c1sc2ncccc2c1N)OC. The molecule has 1 atom stereocenters. The summed E-state index contributed by atoms with van der Waals surface area (Å²) in [5.74, 6) is -0.219. The second kappa shape index (κ2) is 6.65. The maximum Gasteiger partial charge on any atom is 0.263 e. The second-order valence-electron chi connectivity index (χ2n) is 4.22. The van der Waals surface area contributed by atoms with Gasteiger partial charge in [-0.2, -0.15) is 0 Å². The average molecular weight is 295 g/mol. The van der Waals surface area contributed by atoms with Crippen LogP contribution < -0.4 is 11.1 Å². The molecule has 0 aromatic carbocycles. The number of nitrogens with two attached hydrogens (primary N) is 1. The number of hydrogen-bond donors (Lipinski definition) is 2. The number of amides is 1. The van der Waals surface area contributed by atoms with Crippen molar-refractivity contribution >= 4 is 33.1 Å². The molecule has 2 aromatic heterocycles. The number of methoxy groups -OCH3 is 2. The minimum Gasteiger partial charge on any atom is -0.397 e. The molecule has 0 radical (unpaired) electrons. The molecule has 20 heavy (non-hydrogen) atoms. The highest BCUT2D eigenvalue weighted by Gasteiger charge is 2.18. The zero-order valence-corrected chi connectivity index (χ0v) is 12.2. The molecular formula is C13H17N3O3S. The van der Waals surface area contributed by atoms with Crippen molar-refractivity contribution in [1.29, 1.82) is 0 Å². The molecule has 3 N–H and O–H groups in total. The van der Waals surface area contributed by atoms with Gasteiger partial charge in [-0.3, -0.25) is 4.79 Å². The van der Waals surface area contributed by atoms with Crippen LogP contribution in [-0.4, -0.2) is 44.4 Å². The van der Waals surface area contributed by atoms with Crippen LogP contribution in [0.3, 0.4) is 0 Å². The summed E-state index contributed by atoms with van der Waals surface area (Å²) in [6.07, 6.45) is 1.50. The van der Waals surface area contributed by atoms with E-state index in [9.17, 15) is 4.79 Å². The molecule has 0 fully saturated rings. The van der Waals surface area contributed by atoms with E-state index in [0.717, 1.165) is 10.2 Å². The lowest BCUT2D eigenvalue weighted by atomic mass is 10.2. The van der Waals surface area contributed by atoms with E-state index in [-0.39, 0.29) is 12.0 Å². The van der Waals surface area contributed by atoms with E-state index in [1.54, 1.807) is 26.5 Å². The minimum atomic E-state index is -0.219. The second-order valence-corrected chi connectivity index (χ2v) is 5.22. The van der Waals surface area contributed by atoms with Gasteiger partial charge in [0.15, 0.2) is 0 Å². The standard InChI is InChI=1S/C13H17N3O3S/c1-18-7-8(19-2)6-16-12(17)11-10(14)9-4-3-5-15-13(9)20-11/h3-5,8H,6-7,14H2,1-2H3,(H,16,17). The van der Waals surface area contributed by atoms with Crippen LogP contribution >= 0.6 is 11.3 Å². The highest BCUT2D eigenvalue weighted by atomic mass is 32.1. The summed E-state index contributed by atoms with van der Waals surface area (Å²) < 4.78 is 10.2. The van der Waals surface area contributed by atoms with Gasteiger partial charge in [-0.15, -0.1) is 11.3 Å². The van der Waals surface area contributed by atoms with Crippen LogP contribution in [-0.2, 0) is 9.47 Å². The number of carbonyl (C=O) groups is 1. The van der Waals surface area contributed by atoms with Gasteiger partial charge >= 0.3 is 0 Å². The van der Waals surface area contributed by atoms with E-state index >= 15 is 0 Å². The lowest BCUT2D eigenvalue weighted by molar-refractivity contribution is 0.0286. The first-order valence-electron chi connectivity index (χ1n) is 6.10. The first kappa shape index (κ1) is 14.7. The Hall–Kier alpha value is -1.70. The summed E-state index contributed by atoms with van der Waals surface area (Å²) in [5.41, 5.74) is 6.46. The molecule has 7 heteroatoms. The number of carbonyl (C=O) groups excluding carboxylic acids is 1. The maximum absolute atomic E-state index is 12.2. The minimum absolute atomic E-state index is 0.183. The van der Waals surface area contributed by atoms with E-state index in [1.807, 2.05) is 6.07 Å². The van der Waals surface area contributed by atoms with Gasteiger partial charge in [0, 0.05) is 32.3 Å². The van der Waals surface area contributed by atoms with Gasteiger partial charge in [0.25, 0.3) is 5.91 Å². The summed E-state index contributed by atoms with van der Waals surface area (Å²) in [4.78, 5) is 17.6. The average Bonchev–Trinajstić information content (AvgIpc) is 2.81. The van der Waals surface area contributed by atoms with Crippen molar-refractivity contribution in [3.63, 3.8) is 0 Å². The maximum atomic E-state index is 12.2. The van der Waals surface area contributed by atoms with Crippen LogP contribution in [0.2, 0.25) is 0 Å². The summed E-state index contributed by atoms with van der Waals surface area (Å²) in [6.45, 7) is 0.782. The van der Waals surface area contributed by atoms with Gasteiger partial charge in [0.05, 0.1) is 18.4 Å². The predicted octanol–water partition coefficient (Wildman–Crippen LogP) is 1.27. The third-order valence-electron chi connectivity index (χ3n) is 2.89. The molecule has 1 unspecified atom stereocenters. The normalized spacial score (nSPS) is 12.5. The Kier molecular flexibility index (Phi) is 4.89. The van der Waals surface area contributed by atoms with Crippen molar-refractivity contribution in [2.24, 2.45) is 0 Å². The van der Waals surface area contributed by atoms with Crippen LogP contribution in [0.4, 0.5) is 5.69 Å². The molecule has 0 aliphatic carbocycles. The Morgan fingerprint density at radius 2 is 2.35 bits per heavy atom. The molecule has 6 nitrogen and oxygen atoms in total. The first-order chi connectivity index (χ1) is 9.67. The molecule has 2 heterocycles. The van der Waals surface area contributed by atoms with Gasteiger partial charge in [-0.05, 0) is 12.1 Å². The fraction of sp³-hybridized carbons (Fsp3) is 0.385. The fourth-order valence-corrected chi connectivity index (χ4v) is 2.78. The van der Waals surface area contributed by atoms with Gasteiger partial charge in [0.2, 0.25) is 0 Å². The van der Waals surface area contributed by atoms with Gasteiger partial charge < -0.3 is 20.5 Å². The smallest absolute Gasteiger partial charge is 0.263 e. The number of thiophene rings is 1. The summed E-state index contributed by atoms with van der Waals surface area (Å²) >= 11 is 1.28. The lowest BCUT2D eigenvalue weighted by Gasteiger charge is -2.14. The summed E-state index contributed by atoms with van der Waals surface area (Å²) in [5, 5.41) is 3.60.